The van der Waals surface area contributed by atoms with Gasteiger partial charge in [0.15, 0.2) is 0 Å². The molecule has 19 heavy (non-hydrogen) atoms. The molecule has 112 valence electrons. The van der Waals surface area contributed by atoms with Crippen molar-refractivity contribution >= 4 is 5.78 Å². The molecule has 1 rings (SSSR count). The van der Waals surface area contributed by atoms with Gasteiger partial charge >= 0.3 is 0 Å². The van der Waals surface area contributed by atoms with Gasteiger partial charge in [-0.3, -0.25) is 14.6 Å². The average Bonchev–Trinajstić information content (AvgIpc) is 2.39. The average molecular weight is 270 g/mol. The lowest BCUT2D eigenvalue weighted by molar-refractivity contribution is -0.125. The molecule has 0 amide bonds. The Morgan fingerprint density at radius 3 is 2.47 bits per heavy atom. The van der Waals surface area contributed by atoms with Crippen LogP contribution in [0, 0.1) is 5.92 Å². The summed E-state index contributed by atoms with van der Waals surface area (Å²) in [6, 6.07) is 0.0784. The van der Waals surface area contributed by atoms with Gasteiger partial charge in [-0.2, -0.15) is 0 Å². The number of likely N-dealkylation sites (N-methyl/N-ethyl adjacent to an activating group) is 1. The first kappa shape index (κ1) is 16.6. The van der Waals surface area contributed by atoms with Gasteiger partial charge in [0.05, 0.1) is 19.3 Å². The number of morpholine rings is 1. The topological polar surface area (TPSA) is 32.8 Å². The van der Waals surface area contributed by atoms with Crippen molar-refractivity contribution < 1.29 is 9.53 Å². The zero-order valence-electron chi connectivity index (χ0n) is 13.0. The van der Waals surface area contributed by atoms with Crippen molar-refractivity contribution in [1.29, 1.82) is 0 Å². The van der Waals surface area contributed by atoms with E-state index in [2.05, 4.69) is 23.6 Å². The monoisotopic (exact) mass is 270 g/mol. The summed E-state index contributed by atoms with van der Waals surface area (Å²) in [5.74, 6) is 0.832. The molecular weight excluding hydrogens is 240 g/mol. The van der Waals surface area contributed by atoms with Crippen LogP contribution in [0.1, 0.15) is 33.1 Å². The summed E-state index contributed by atoms with van der Waals surface area (Å²) in [5, 5.41) is 0. The number of hydrogen-bond acceptors (Lipinski definition) is 4. The maximum atomic E-state index is 12.3. The molecule has 0 spiro atoms. The van der Waals surface area contributed by atoms with Crippen LogP contribution in [0.15, 0.2) is 0 Å². The minimum Gasteiger partial charge on any atom is -0.379 e. The van der Waals surface area contributed by atoms with E-state index in [-0.39, 0.29) is 6.04 Å². The van der Waals surface area contributed by atoms with Crippen LogP contribution < -0.4 is 0 Å². The Morgan fingerprint density at radius 2 is 1.95 bits per heavy atom. The first-order valence-corrected chi connectivity index (χ1v) is 7.55. The lowest BCUT2D eigenvalue weighted by atomic mass is 9.92. The van der Waals surface area contributed by atoms with Gasteiger partial charge in [-0.1, -0.05) is 20.3 Å². The van der Waals surface area contributed by atoms with E-state index in [0.29, 0.717) is 18.1 Å². The number of carbonyl (C=O) groups is 1. The van der Waals surface area contributed by atoms with Gasteiger partial charge in [0.2, 0.25) is 0 Å². The number of hydrogen-bond donors (Lipinski definition) is 0. The summed E-state index contributed by atoms with van der Waals surface area (Å²) in [4.78, 5) is 16.8. The molecule has 1 aliphatic rings. The molecule has 1 saturated heterocycles. The highest BCUT2D eigenvalue weighted by molar-refractivity contribution is 5.84. The van der Waals surface area contributed by atoms with Crippen LogP contribution in [-0.4, -0.2) is 68.6 Å². The van der Waals surface area contributed by atoms with E-state index in [4.69, 9.17) is 4.74 Å². The summed E-state index contributed by atoms with van der Waals surface area (Å²) in [5.41, 5.74) is 0. The van der Waals surface area contributed by atoms with E-state index in [0.717, 1.165) is 45.7 Å². The fraction of sp³-hybridized carbons (Fsp3) is 0.933. The fourth-order valence-corrected chi connectivity index (χ4v) is 2.79. The predicted molar refractivity (Wildman–Crippen MR) is 78.4 cm³/mol. The van der Waals surface area contributed by atoms with E-state index in [1.165, 1.54) is 0 Å². The summed E-state index contributed by atoms with van der Waals surface area (Å²) in [6.07, 6.45) is 2.72. The lowest BCUT2D eigenvalue weighted by Crippen LogP contribution is -2.41. The normalized spacial score (nSPS) is 20.5. The van der Waals surface area contributed by atoms with Crippen molar-refractivity contribution in [3.05, 3.63) is 0 Å². The molecule has 0 bridgehead atoms. The van der Waals surface area contributed by atoms with Gasteiger partial charge in [0.25, 0.3) is 0 Å². The number of rotatable bonds is 8. The summed E-state index contributed by atoms with van der Waals surface area (Å²) >= 11 is 0. The smallest absolute Gasteiger partial charge is 0.150 e. The molecule has 0 saturated carbocycles. The lowest BCUT2D eigenvalue weighted by Gasteiger charge is -2.29. The van der Waals surface area contributed by atoms with Crippen molar-refractivity contribution in [2.45, 2.75) is 39.2 Å². The van der Waals surface area contributed by atoms with Gasteiger partial charge in [-0.05, 0) is 33.0 Å². The molecule has 0 radical (unpaired) electrons. The highest BCUT2D eigenvalue weighted by Gasteiger charge is 2.25. The standard InChI is InChI=1S/C15H30N2O2/c1-5-13(2)15(16(3)4)14(18)7-6-8-17-9-11-19-12-10-17/h13,15H,5-12H2,1-4H3. The van der Waals surface area contributed by atoms with Crippen LogP contribution >= 0.6 is 0 Å². The highest BCUT2D eigenvalue weighted by atomic mass is 16.5. The Bertz CT molecular complexity index is 263. The van der Waals surface area contributed by atoms with E-state index in [9.17, 15) is 4.79 Å². The SMILES string of the molecule is CCC(C)C(C(=O)CCCN1CCOCC1)N(C)C. The van der Waals surface area contributed by atoms with E-state index in [1.807, 2.05) is 14.1 Å². The van der Waals surface area contributed by atoms with Gasteiger partial charge in [-0.25, -0.2) is 0 Å². The molecule has 0 N–H and O–H groups in total. The van der Waals surface area contributed by atoms with Gasteiger partial charge in [0, 0.05) is 19.5 Å². The summed E-state index contributed by atoms with van der Waals surface area (Å²) < 4.78 is 5.33. The molecule has 1 fully saturated rings. The zero-order valence-corrected chi connectivity index (χ0v) is 13.0. The van der Waals surface area contributed by atoms with Gasteiger partial charge in [0.1, 0.15) is 5.78 Å². The second-order valence-corrected chi connectivity index (χ2v) is 5.82. The third kappa shape index (κ3) is 5.59. The Hall–Kier alpha value is -0.450. The molecule has 0 aliphatic carbocycles. The molecular formula is C15H30N2O2. The number of nitrogens with zero attached hydrogens (tertiary/aromatic N) is 2. The van der Waals surface area contributed by atoms with E-state index in [1.54, 1.807) is 0 Å². The highest BCUT2D eigenvalue weighted by Crippen LogP contribution is 2.15. The molecule has 4 heteroatoms. The fourth-order valence-electron chi connectivity index (χ4n) is 2.79. The van der Waals surface area contributed by atoms with E-state index >= 15 is 0 Å². The molecule has 0 aromatic heterocycles. The minimum absolute atomic E-state index is 0.0784. The molecule has 1 heterocycles. The predicted octanol–water partition coefficient (Wildman–Crippen LogP) is 1.64. The van der Waals surface area contributed by atoms with Crippen LogP contribution in [0.3, 0.4) is 0 Å². The molecule has 0 aromatic carbocycles. The molecule has 1 aliphatic heterocycles. The van der Waals surface area contributed by atoms with Crippen molar-refractivity contribution in [1.82, 2.24) is 9.80 Å². The Balaban J connectivity index is 2.31. The Morgan fingerprint density at radius 1 is 1.32 bits per heavy atom. The van der Waals surface area contributed by atoms with Crippen LogP contribution in [0.2, 0.25) is 0 Å². The van der Waals surface area contributed by atoms with Crippen LogP contribution in [-0.2, 0) is 9.53 Å². The van der Waals surface area contributed by atoms with Crippen molar-refractivity contribution in [3.63, 3.8) is 0 Å². The Kier molecular flexibility index (Phi) is 7.57. The van der Waals surface area contributed by atoms with Crippen LogP contribution in [0.25, 0.3) is 0 Å². The van der Waals surface area contributed by atoms with Crippen LogP contribution in [0.5, 0.6) is 0 Å². The summed E-state index contributed by atoms with van der Waals surface area (Å²) in [7, 11) is 4.02. The summed E-state index contributed by atoms with van der Waals surface area (Å²) in [6.45, 7) is 9.04. The maximum Gasteiger partial charge on any atom is 0.150 e. The minimum atomic E-state index is 0.0784. The second-order valence-electron chi connectivity index (χ2n) is 5.82. The first-order chi connectivity index (χ1) is 9.06. The van der Waals surface area contributed by atoms with Crippen molar-refractivity contribution in [3.8, 4) is 0 Å². The van der Waals surface area contributed by atoms with E-state index < -0.39 is 0 Å². The molecule has 2 atom stereocenters. The maximum absolute atomic E-state index is 12.3. The first-order valence-electron chi connectivity index (χ1n) is 7.55. The molecule has 4 nitrogen and oxygen atoms in total. The largest absolute Gasteiger partial charge is 0.379 e. The van der Waals surface area contributed by atoms with Gasteiger partial charge < -0.3 is 4.74 Å². The Labute approximate surface area is 118 Å². The number of ether oxygens (including phenoxy) is 1. The number of Topliss-reactive ketones (excluding diaryl/α,β-unsaturated/α-hetero) is 1. The zero-order chi connectivity index (χ0) is 14.3. The van der Waals surface area contributed by atoms with Gasteiger partial charge in [-0.15, -0.1) is 0 Å². The number of carbonyl (C=O) groups excluding carboxylic acids is 1. The van der Waals surface area contributed by atoms with Crippen molar-refractivity contribution in [2.75, 3.05) is 46.9 Å². The van der Waals surface area contributed by atoms with Crippen molar-refractivity contribution in [2.24, 2.45) is 5.92 Å². The third-order valence-electron chi connectivity index (χ3n) is 4.07. The second kappa shape index (κ2) is 8.67. The number of ketones is 1. The molecule has 0 aromatic rings. The third-order valence-corrected chi connectivity index (χ3v) is 4.07. The quantitative estimate of drug-likeness (QED) is 0.671. The van der Waals surface area contributed by atoms with Crippen LogP contribution in [0.4, 0.5) is 0 Å². The molecule has 2 unspecified atom stereocenters.